The molecule has 2 aliphatic heterocycles. The van der Waals surface area contributed by atoms with E-state index in [0.717, 1.165) is 16.7 Å². The number of fused-ring (bicyclic) bond motifs is 3. The number of hydrogen-bond acceptors (Lipinski definition) is 3. The van der Waals surface area contributed by atoms with E-state index in [-0.39, 0.29) is 16.7 Å². The molecule has 28 heavy (non-hydrogen) atoms. The lowest BCUT2D eigenvalue weighted by Gasteiger charge is -2.32. The standard InChI is InChI=1S/C22H24N2O3S/c1-15(2)14-20-22(25)23-13-12-17-6-4-5-7-19(17)21(23)24(20)28(26,27)18-10-8-16(3)9-11-18/h4-13,15,20-21H,14H2,1-3H3/t20-,21+/m0/s1. The summed E-state index contributed by atoms with van der Waals surface area (Å²) in [7, 11) is -3.86. The second kappa shape index (κ2) is 6.87. The Morgan fingerprint density at radius 3 is 2.39 bits per heavy atom. The fraction of sp³-hybridized carbons (Fsp3) is 0.318. The van der Waals surface area contributed by atoms with Crippen molar-refractivity contribution in [2.24, 2.45) is 5.92 Å². The van der Waals surface area contributed by atoms with E-state index in [1.807, 2.05) is 51.1 Å². The number of aryl methyl sites for hydroxylation is 1. The predicted molar refractivity (Wildman–Crippen MR) is 109 cm³/mol. The van der Waals surface area contributed by atoms with Gasteiger partial charge in [-0.15, -0.1) is 0 Å². The van der Waals surface area contributed by atoms with Crippen molar-refractivity contribution in [3.8, 4) is 0 Å². The Bertz CT molecular complexity index is 1040. The SMILES string of the molecule is Cc1ccc(S(=O)(=O)N2[C@@H]3c4ccccc4C=CN3C(=O)[C@@H]2CC(C)C)cc1. The number of amides is 1. The highest BCUT2D eigenvalue weighted by Gasteiger charge is 2.53. The minimum Gasteiger partial charge on any atom is -0.296 e. The van der Waals surface area contributed by atoms with Crippen molar-refractivity contribution < 1.29 is 13.2 Å². The summed E-state index contributed by atoms with van der Waals surface area (Å²) in [5.74, 6) is 0.0189. The van der Waals surface area contributed by atoms with Crippen molar-refractivity contribution in [2.45, 2.75) is 44.3 Å². The highest BCUT2D eigenvalue weighted by atomic mass is 32.2. The van der Waals surface area contributed by atoms with Crippen LogP contribution in [-0.4, -0.2) is 29.6 Å². The average Bonchev–Trinajstić information content (AvgIpc) is 2.94. The van der Waals surface area contributed by atoms with Crippen LogP contribution in [0.15, 0.2) is 59.6 Å². The Morgan fingerprint density at radius 1 is 1.04 bits per heavy atom. The lowest BCUT2D eigenvalue weighted by Crippen LogP contribution is -2.40. The van der Waals surface area contributed by atoms with Crippen molar-refractivity contribution in [1.82, 2.24) is 9.21 Å². The molecule has 0 unspecified atom stereocenters. The van der Waals surface area contributed by atoms with Crippen LogP contribution >= 0.6 is 0 Å². The van der Waals surface area contributed by atoms with Crippen LogP contribution in [0.4, 0.5) is 0 Å². The Kier molecular flexibility index (Phi) is 4.63. The van der Waals surface area contributed by atoms with E-state index < -0.39 is 22.2 Å². The molecule has 0 bridgehead atoms. The van der Waals surface area contributed by atoms with Gasteiger partial charge in [-0.1, -0.05) is 55.8 Å². The highest BCUT2D eigenvalue weighted by molar-refractivity contribution is 7.89. The molecule has 146 valence electrons. The summed E-state index contributed by atoms with van der Waals surface area (Å²) in [6.45, 7) is 5.93. The first-order chi connectivity index (χ1) is 13.3. The van der Waals surface area contributed by atoms with Gasteiger partial charge in [0.15, 0.2) is 0 Å². The zero-order valence-corrected chi connectivity index (χ0v) is 17.1. The number of carbonyl (C=O) groups is 1. The molecule has 5 nitrogen and oxygen atoms in total. The van der Waals surface area contributed by atoms with Gasteiger partial charge in [-0.2, -0.15) is 4.31 Å². The summed E-state index contributed by atoms with van der Waals surface area (Å²) < 4.78 is 28.8. The van der Waals surface area contributed by atoms with Gasteiger partial charge in [0.2, 0.25) is 15.9 Å². The lowest BCUT2D eigenvalue weighted by molar-refractivity contribution is -0.128. The third-order valence-corrected chi connectivity index (χ3v) is 7.21. The van der Waals surface area contributed by atoms with Gasteiger partial charge in [0.1, 0.15) is 12.2 Å². The van der Waals surface area contributed by atoms with Crippen LogP contribution < -0.4 is 0 Å². The zero-order chi connectivity index (χ0) is 20.1. The Hall–Kier alpha value is -2.44. The minimum absolute atomic E-state index is 0.167. The molecule has 2 aromatic rings. The normalized spacial score (nSPS) is 21.9. The fourth-order valence-corrected chi connectivity index (χ4v) is 5.69. The fourth-order valence-electron chi connectivity index (χ4n) is 3.98. The van der Waals surface area contributed by atoms with Crippen LogP contribution in [0, 0.1) is 12.8 Å². The molecule has 2 aromatic carbocycles. The molecule has 1 fully saturated rings. The van der Waals surface area contributed by atoms with Crippen molar-refractivity contribution >= 4 is 22.0 Å². The maximum absolute atomic E-state index is 13.7. The molecule has 2 atom stereocenters. The zero-order valence-electron chi connectivity index (χ0n) is 16.2. The molecule has 2 heterocycles. The van der Waals surface area contributed by atoms with E-state index in [1.54, 1.807) is 35.4 Å². The summed E-state index contributed by atoms with van der Waals surface area (Å²) >= 11 is 0. The largest absolute Gasteiger partial charge is 0.296 e. The first kappa shape index (κ1) is 18.9. The van der Waals surface area contributed by atoms with E-state index in [0.29, 0.717) is 6.42 Å². The molecule has 4 rings (SSSR count). The molecule has 1 amide bonds. The number of carbonyl (C=O) groups excluding carboxylic acids is 1. The van der Waals surface area contributed by atoms with Crippen LogP contribution in [0.25, 0.3) is 6.08 Å². The molecular weight excluding hydrogens is 372 g/mol. The first-order valence-electron chi connectivity index (χ1n) is 9.50. The number of benzene rings is 2. The van der Waals surface area contributed by atoms with Crippen molar-refractivity contribution in [2.75, 3.05) is 0 Å². The van der Waals surface area contributed by atoms with Crippen LogP contribution in [0.3, 0.4) is 0 Å². The first-order valence-corrected chi connectivity index (χ1v) is 10.9. The molecule has 0 aliphatic carbocycles. The number of nitrogens with zero attached hydrogens (tertiary/aromatic N) is 2. The summed E-state index contributed by atoms with van der Waals surface area (Å²) in [6, 6.07) is 13.7. The molecule has 6 heteroatoms. The Morgan fingerprint density at radius 2 is 1.71 bits per heavy atom. The Balaban J connectivity index is 1.89. The van der Waals surface area contributed by atoms with Gasteiger partial charge in [-0.05, 0) is 48.6 Å². The van der Waals surface area contributed by atoms with Gasteiger partial charge in [0.05, 0.1) is 4.90 Å². The third-order valence-electron chi connectivity index (χ3n) is 5.33. The quantitative estimate of drug-likeness (QED) is 0.787. The molecule has 0 radical (unpaired) electrons. The van der Waals surface area contributed by atoms with E-state index in [4.69, 9.17) is 0 Å². The average molecular weight is 397 g/mol. The van der Waals surface area contributed by atoms with Gasteiger partial charge < -0.3 is 0 Å². The highest BCUT2D eigenvalue weighted by Crippen LogP contribution is 2.44. The molecule has 0 N–H and O–H groups in total. The van der Waals surface area contributed by atoms with E-state index >= 15 is 0 Å². The predicted octanol–water partition coefficient (Wildman–Crippen LogP) is 3.93. The van der Waals surface area contributed by atoms with Gasteiger partial charge in [-0.25, -0.2) is 8.42 Å². The monoisotopic (exact) mass is 396 g/mol. The number of hydrogen-bond donors (Lipinski definition) is 0. The maximum Gasteiger partial charge on any atom is 0.246 e. The van der Waals surface area contributed by atoms with Crippen LogP contribution in [0.5, 0.6) is 0 Å². The van der Waals surface area contributed by atoms with Gasteiger partial charge in [0, 0.05) is 6.20 Å². The molecule has 0 aromatic heterocycles. The van der Waals surface area contributed by atoms with E-state index in [2.05, 4.69) is 0 Å². The van der Waals surface area contributed by atoms with Gasteiger partial charge in [-0.3, -0.25) is 9.69 Å². The topological polar surface area (TPSA) is 57.7 Å². The van der Waals surface area contributed by atoms with Crippen molar-refractivity contribution in [3.05, 3.63) is 71.4 Å². The summed E-state index contributed by atoms with van der Waals surface area (Å²) in [5, 5.41) is 0. The van der Waals surface area contributed by atoms with Crippen LogP contribution in [0.2, 0.25) is 0 Å². The Labute approximate surface area is 166 Å². The minimum atomic E-state index is -3.86. The number of rotatable bonds is 4. The second-order valence-electron chi connectivity index (χ2n) is 7.86. The van der Waals surface area contributed by atoms with Crippen molar-refractivity contribution in [3.63, 3.8) is 0 Å². The lowest BCUT2D eigenvalue weighted by atomic mass is 10.0. The summed E-state index contributed by atoms with van der Waals surface area (Å²) in [6.07, 6.45) is 3.42. The van der Waals surface area contributed by atoms with Gasteiger partial charge in [0.25, 0.3) is 0 Å². The number of sulfonamides is 1. The summed E-state index contributed by atoms with van der Waals surface area (Å²) in [5.41, 5.74) is 2.76. The van der Waals surface area contributed by atoms with Gasteiger partial charge >= 0.3 is 0 Å². The molecule has 1 saturated heterocycles. The van der Waals surface area contributed by atoms with Crippen LogP contribution in [0.1, 0.15) is 43.1 Å². The van der Waals surface area contributed by atoms with E-state index in [1.165, 1.54) is 4.31 Å². The molecular formula is C22H24N2O3S. The molecule has 0 saturated carbocycles. The van der Waals surface area contributed by atoms with Crippen LogP contribution in [-0.2, 0) is 14.8 Å². The third kappa shape index (κ3) is 2.97. The second-order valence-corrected chi connectivity index (χ2v) is 9.70. The summed E-state index contributed by atoms with van der Waals surface area (Å²) in [4.78, 5) is 15.0. The van der Waals surface area contributed by atoms with Crippen molar-refractivity contribution in [1.29, 1.82) is 0 Å². The molecule has 0 spiro atoms. The maximum atomic E-state index is 13.7. The smallest absolute Gasteiger partial charge is 0.246 e. The van der Waals surface area contributed by atoms with E-state index in [9.17, 15) is 13.2 Å². The molecule has 2 aliphatic rings.